The van der Waals surface area contributed by atoms with Gasteiger partial charge in [-0.2, -0.15) is 0 Å². The Kier molecular flexibility index (Phi) is 4.78. The predicted octanol–water partition coefficient (Wildman–Crippen LogP) is 3.51. The number of rotatable bonds is 6. The van der Waals surface area contributed by atoms with Crippen LogP contribution in [0, 0.1) is 0 Å². The van der Waals surface area contributed by atoms with Crippen molar-refractivity contribution in [2.75, 3.05) is 12.4 Å². The van der Waals surface area contributed by atoms with Gasteiger partial charge in [-0.25, -0.2) is 9.78 Å². The zero-order chi connectivity index (χ0) is 12.8. The molecule has 0 fully saturated rings. The van der Waals surface area contributed by atoms with Crippen LogP contribution in [-0.2, 0) is 9.53 Å². The van der Waals surface area contributed by atoms with E-state index in [1.165, 1.54) is 10.8 Å². The molecule has 0 N–H and O–H groups in total. The third kappa shape index (κ3) is 3.58. The Hall–Kier alpha value is -1.33. The summed E-state index contributed by atoms with van der Waals surface area (Å²) >= 11 is 3.39. The Bertz CT molecular complexity index is 518. The van der Waals surface area contributed by atoms with Gasteiger partial charge in [-0.3, -0.25) is 0 Å². The third-order valence-electron chi connectivity index (χ3n) is 2.20. The molecule has 2 aromatic rings. The maximum absolute atomic E-state index is 10.8. The van der Waals surface area contributed by atoms with E-state index in [9.17, 15) is 4.79 Å². The lowest BCUT2D eigenvalue weighted by Crippen LogP contribution is -2.02. The summed E-state index contributed by atoms with van der Waals surface area (Å²) in [6.45, 7) is 3.78. The van der Waals surface area contributed by atoms with Crippen LogP contribution in [0.1, 0.15) is 6.42 Å². The fraction of sp³-hybridized carbons (Fsp3) is 0.231. The van der Waals surface area contributed by atoms with E-state index < -0.39 is 0 Å². The molecule has 94 valence electrons. The van der Waals surface area contributed by atoms with Crippen molar-refractivity contribution in [3.63, 3.8) is 0 Å². The number of ether oxygens (including phenoxy) is 1. The number of thioether (sulfide) groups is 1. The van der Waals surface area contributed by atoms with Crippen molar-refractivity contribution in [3.8, 4) is 0 Å². The van der Waals surface area contributed by atoms with Crippen molar-refractivity contribution in [2.24, 2.45) is 0 Å². The molecule has 0 aliphatic carbocycles. The quantitative estimate of drug-likeness (QED) is 0.351. The number of para-hydroxylation sites is 1. The summed E-state index contributed by atoms with van der Waals surface area (Å²) in [7, 11) is 0. The van der Waals surface area contributed by atoms with Crippen LogP contribution in [0.5, 0.6) is 0 Å². The van der Waals surface area contributed by atoms with E-state index in [0.29, 0.717) is 6.61 Å². The van der Waals surface area contributed by atoms with E-state index in [2.05, 4.69) is 17.6 Å². The molecule has 1 aromatic carbocycles. The monoisotopic (exact) mass is 279 g/mol. The molecule has 1 heterocycles. The number of benzene rings is 1. The van der Waals surface area contributed by atoms with Crippen LogP contribution >= 0.6 is 23.1 Å². The molecule has 0 aliphatic heterocycles. The molecule has 0 radical (unpaired) electrons. The van der Waals surface area contributed by atoms with E-state index in [0.717, 1.165) is 22.0 Å². The van der Waals surface area contributed by atoms with Gasteiger partial charge < -0.3 is 4.74 Å². The minimum absolute atomic E-state index is 0.361. The van der Waals surface area contributed by atoms with Gasteiger partial charge >= 0.3 is 5.97 Å². The zero-order valence-corrected chi connectivity index (χ0v) is 11.4. The minimum atomic E-state index is -0.361. The second-order valence-electron chi connectivity index (χ2n) is 3.52. The van der Waals surface area contributed by atoms with Crippen LogP contribution < -0.4 is 0 Å². The number of esters is 1. The van der Waals surface area contributed by atoms with Gasteiger partial charge in [-0.15, -0.1) is 11.3 Å². The van der Waals surface area contributed by atoms with Crippen LogP contribution in [-0.4, -0.2) is 23.3 Å². The molecule has 3 nitrogen and oxygen atoms in total. The van der Waals surface area contributed by atoms with Crippen LogP contribution in [0.4, 0.5) is 0 Å². The number of carbonyl (C=O) groups is 1. The van der Waals surface area contributed by atoms with Crippen molar-refractivity contribution in [3.05, 3.63) is 36.9 Å². The second kappa shape index (κ2) is 6.56. The van der Waals surface area contributed by atoms with Gasteiger partial charge in [0.25, 0.3) is 0 Å². The average molecular weight is 279 g/mol. The summed E-state index contributed by atoms with van der Waals surface area (Å²) in [5.74, 6) is 0.532. The standard InChI is InChI=1S/C13H13NO2S2/c1-2-12(15)16-8-5-9-17-13-14-10-6-3-4-7-11(10)18-13/h2-4,6-7H,1,5,8-9H2. The summed E-state index contributed by atoms with van der Waals surface area (Å²) in [6.07, 6.45) is 2.00. The number of nitrogens with zero attached hydrogens (tertiary/aromatic N) is 1. The first-order valence-electron chi connectivity index (χ1n) is 5.57. The number of hydrogen-bond donors (Lipinski definition) is 0. The third-order valence-corrected chi connectivity index (χ3v) is 4.47. The van der Waals surface area contributed by atoms with Gasteiger partial charge in [0.15, 0.2) is 4.34 Å². The Balaban J connectivity index is 1.76. The number of carbonyl (C=O) groups excluding carboxylic acids is 1. The van der Waals surface area contributed by atoms with Crippen molar-refractivity contribution < 1.29 is 9.53 Å². The summed E-state index contributed by atoms with van der Waals surface area (Å²) in [6, 6.07) is 8.10. The number of thiazole rings is 1. The highest BCUT2D eigenvalue weighted by atomic mass is 32.2. The SMILES string of the molecule is C=CC(=O)OCCCSc1nc2ccccc2s1. The molecule has 0 saturated carbocycles. The van der Waals surface area contributed by atoms with E-state index in [4.69, 9.17) is 4.74 Å². The highest BCUT2D eigenvalue weighted by molar-refractivity contribution is 8.01. The lowest BCUT2D eigenvalue weighted by Gasteiger charge is -2.00. The van der Waals surface area contributed by atoms with E-state index in [1.807, 2.05) is 18.2 Å². The molecular formula is C13H13NO2S2. The molecule has 0 atom stereocenters. The van der Waals surface area contributed by atoms with Gasteiger partial charge in [0.05, 0.1) is 16.8 Å². The van der Waals surface area contributed by atoms with Crippen molar-refractivity contribution >= 4 is 39.3 Å². The van der Waals surface area contributed by atoms with Gasteiger partial charge in [-0.05, 0) is 18.6 Å². The predicted molar refractivity (Wildman–Crippen MR) is 76.1 cm³/mol. The Labute approximate surface area is 114 Å². The highest BCUT2D eigenvalue weighted by Gasteiger charge is 2.03. The van der Waals surface area contributed by atoms with Crippen LogP contribution in [0.2, 0.25) is 0 Å². The summed E-state index contributed by atoms with van der Waals surface area (Å²) in [5.41, 5.74) is 1.04. The molecule has 0 saturated heterocycles. The number of hydrogen-bond acceptors (Lipinski definition) is 5. The molecule has 0 unspecified atom stereocenters. The zero-order valence-electron chi connectivity index (χ0n) is 9.80. The normalized spacial score (nSPS) is 10.4. The summed E-state index contributed by atoms with van der Waals surface area (Å²) < 4.78 is 7.17. The molecule has 5 heteroatoms. The molecule has 0 amide bonds. The molecule has 1 aromatic heterocycles. The topological polar surface area (TPSA) is 39.2 Å². The smallest absolute Gasteiger partial charge is 0.330 e. The molecule has 0 spiro atoms. The second-order valence-corrected chi connectivity index (χ2v) is 5.89. The first kappa shape index (κ1) is 13.1. The largest absolute Gasteiger partial charge is 0.463 e. The Morgan fingerprint density at radius 2 is 2.33 bits per heavy atom. The van der Waals surface area contributed by atoms with Crippen LogP contribution in [0.25, 0.3) is 10.2 Å². The fourth-order valence-corrected chi connectivity index (χ4v) is 3.41. The first-order valence-corrected chi connectivity index (χ1v) is 7.37. The van der Waals surface area contributed by atoms with Crippen molar-refractivity contribution in [1.82, 2.24) is 4.98 Å². The summed E-state index contributed by atoms with van der Waals surface area (Å²) in [4.78, 5) is 15.3. The van der Waals surface area contributed by atoms with Gasteiger partial charge in [-0.1, -0.05) is 30.5 Å². The number of aromatic nitrogens is 1. The van der Waals surface area contributed by atoms with Crippen molar-refractivity contribution in [1.29, 1.82) is 0 Å². The maximum atomic E-state index is 10.8. The first-order chi connectivity index (χ1) is 8.79. The lowest BCUT2D eigenvalue weighted by molar-refractivity contribution is -0.137. The average Bonchev–Trinajstić information content (AvgIpc) is 2.80. The van der Waals surface area contributed by atoms with E-state index in [-0.39, 0.29) is 5.97 Å². The van der Waals surface area contributed by atoms with Crippen molar-refractivity contribution in [2.45, 2.75) is 10.8 Å². The minimum Gasteiger partial charge on any atom is -0.463 e. The highest BCUT2D eigenvalue weighted by Crippen LogP contribution is 2.29. The van der Waals surface area contributed by atoms with E-state index >= 15 is 0 Å². The van der Waals surface area contributed by atoms with Gasteiger partial charge in [0, 0.05) is 11.8 Å². The van der Waals surface area contributed by atoms with Crippen LogP contribution in [0.3, 0.4) is 0 Å². The molecular weight excluding hydrogens is 266 g/mol. The van der Waals surface area contributed by atoms with E-state index in [1.54, 1.807) is 23.1 Å². The summed E-state index contributed by atoms with van der Waals surface area (Å²) in [5, 5.41) is 0. The Morgan fingerprint density at radius 3 is 3.11 bits per heavy atom. The number of fused-ring (bicyclic) bond motifs is 1. The molecule has 0 bridgehead atoms. The molecule has 18 heavy (non-hydrogen) atoms. The van der Waals surface area contributed by atoms with Crippen LogP contribution in [0.15, 0.2) is 41.3 Å². The van der Waals surface area contributed by atoms with Gasteiger partial charge in [0.1, 0.15) is 0 Å². The lowest BCUT2D eigenvalue weighted by atomic mass is 10.3. The molecule has 2 rings (SSSR count). The molecule has 0 aliphatic rings. The Morgan fingerprint density at radius 1 is 1.50 bits per heavy atom. The maximum Gasteiger partial charge on any atom is 0.330 e. The fourth-order valence-electron chi connectivity index (χ4n) is 1.36. The van der Waals surface area contributed by atoms with Gasteiger partial charge in [0.2, 0.25) is 0 Å².